The number of carbonyl (C=O) groups is 2. The number of aliphatic hydroxyl groups is 1. The summed E-state index contributed by atoms with van der Waals surface area (Å²) in [5.74, 6) is -1.86. The summed E-state index contributed by atoms with van der Waals surface area (Å²) in [5, 5.41) is 18.6. The molecule has 2 N–H and O–H groups in total. The van der Waals surface area contributed by atoms with Crippen LogP contribution in [0, 0.1) is 5.92 Å². The predicted octanol–water partition coefficient (Wildman–Crippen LogP) is -0.424. The normalized spacial score (nSPS) is 27.8. The van der Waals surface area contributed by atoms with E-state index in [1.165, 1.54) is 11.0 Å². The van der Waals surface area contributed by atoms with Gasteiger partial charge in [-0.3, -0.25) is 4.79 Å². The Morgan fingerprint density at radius 1 is 1.56 bits per heavy atom. The summed E-state index contributed by atoms with van der Waals surface area (Å²) in [6.45, 7) is 3.15. The Kier molecular flexibility index (Phi) is 3.55. The van der Waals surface area contributed by atoms with Crippen molar-refractivity contribution >= 4 is 41.4 Å². The van der Waals surface area contributed by atoms with E-state index in [9.17, 15) is 14.7 Å². The molecule has 0 aromatic rings. The molecule has 83 valence electrons. The minimum atomic E-state index is -1.08. The second-order valence-corrected chi connectivity index (χ2v) is 4.54. The first kappa shape index (κ1) is 13.7. The topological polar surface area (TPSA) is 77.8 Å². The zero-order valence-corrected chi connectivity index (χ0v) is 11.6. The number of hydrogen-bond acceptors (Lipinski definition) is 3. The fourth-order valence-corrected chi connectivity index (χ4v) is 2.38. The van der Waals surface area contributed by atoms with Crippen molar-refractivity contribution in [3.63, 3.8) is 0 Å². The van der Waals surface area contributed by atoms with Crippen molar-refractivity contribution in [2.45, 2.75) is 31.9 Å². The van der Waals surface area contributed by atoms with Gasteiger partial charge in [-0.1, -0.05) is 6.08 Å². The summed E-state index contributed by atoms with van der Waals surface area (Å²) in [4.78, 5) is 23.7. The maximum absolute atomic E-state index is 11.7. The fourth-order valence-electron chi connectivity index (χ4n) is 2.38. The van der Waals surface area contributed by atoms with E-state index in [-0.39, 0.29) is 47.2 Å². The summed E-state index contributed by atoms with van der Waals surface area (Å²) < 4.78 is 0. The number of amides is 1. The molecule has 1 saturated heterocycles. The van der Waals surface area contributed by atoms with E-state index < -0.39 is 17.5 Å². The summed E-state index contributed by atoms with van der Waals surface area (Å²) in [5.41, 5.74) is -1.04. The summed E-state index contributed by atoms with van der Waals surface area (Å²) in [6, 6.07) is -0.177. The van der Waals surface area contributed by atoms with Gasteiger partial charge in [-0.2, -0.15) is 0 Å². The number of β-lactam (4-membered cyclic amide) rings is 1. The van der Waals surface area contributed by atoms with Crippen LogP contribution >= 0.6 is 0 Å². The van der Waals surface area contributed by atoms with Gasteiger partial charge in [0.2, 0.25) is 5.91 Å². The standard InChI is InChI=1S/C10H13NO4.Na/c1-10(2,15)7-5-3-4-6(9(13)14)11(5)8(7)12;/h4-5,7,15H,3H2,1-2H3,(H,13,14);/t5-,7+;/m1./s1. The number of nitrogens with zero attached hydrogens (tertiary/aromatic N) is 1. The van der Waals surface area contributed by atoms with Crippen molar-refractivity contribution in [1.29, 1.82) is 0 Å². The Labute approximate surface area is 115 Å². The van der Waals surface area contributed by atoms with E-state index in [1.807, 2.05) is 0 Å². The second-order valence-electron chi connectivity index (χ2n) is 4.54. The molecular formula is C10H13NNaO4. The van der Waals surface area contributed by atoms with Crippen LogP contribution in [0.4, 0.5) is 0 Å². The third-order valence-corrected chi connectivity index (χ3v) is 3.01. The average Bonchev–Trinajstić information content (AvgIpc) is 2.40. The number of carboxylic acids is 1. The summed E-state index contributed by atoms with van der Waals surface area (Å²) in [6.07, 6.45) is 2.05. The van der Waals surface area contributed by atoms with E-state index in [2.05, 4.69) is 0 Å². The molecule has 0 spiro atoms. The van der Waals surface area contributed by atoms with Gasteiger partial charge >= 0.3 is 5.97 Å². The van der Waals surface area contributed by atoms with Gasteiger partial charge in [-0.25, -0.2) is 4.79 Å². The maximum atomic E-state index is 11.7. The van der Waals surface area contributed by atoms with Gasteiger partial charge in [0, 0.05) is 29.6 Å². The fraction of sp³-hybridized carbons (Fsp3) is 0.600. The van der Waals surface area contributed by atoms with Crippen LogP contribution in [0.2, 0.25) is 0 Å². The molecule has 1 fully saturated rings. The van der Waals surface area contributed by atoms with Crippen molar-refractivity contribution in [2.24, 2.45) is 5.92 Å². The molecule has 1 amide bonds. The minimum Gasteiger partial charge on any atom is -0.477 e. The van der Waals surface area contributed by atoms with Gasteiger partial charge in [0.15, 0.2) is 0 Å². The van der Waals surface area contributed by atoms with Gasteiger partial charge in [-0.05, 0) is 20.3 Å². The van der Waals surface area contributed by atoms with Crippen molar-refractivity contribution in [3.8, 4) is 0 Å². The third-order valence-electron chi connectivity index (χ3n) is 3.01. The number of aliphatic carboxylic acids is 1. The Morgan fingerprint density at radius 3 is 2.56 bits per heavy atom. The summed E-state index contributed by atoms with van der Waals surface area (Å²) >= 11 is 0. The summed E-state index contributed by atoms with van der Waals surface area (Å²) in [7, 11) is 0. The largest absolute Gasteiger partial charge is 0.477 e. The number of fused-ring (bicyclic) bond motifs is 1. The van der Waals surface area contributed by atoms with E-state index in [1.54, 1.807) is 13.8 Å². The first-order chi connectivity index (χ1) is 6.84. The van der Waals surface area contributed by atoms with Crippen LogP contribution in [0.5, 0.6) is 0 Å². The van der Waals surface area contributed by atoms with Crippen LogP contribution in [0.3, 0.4) is 0 Å². The van der Waals surface area contributed by atoms with Crippen molar-refractivity contribution < 1.29 is 19.8 Å². The molecule has 0 aromatic heterocycles. The molecule has 0 aromatic carbocycles. The molecule has 2 aliphatic rings. The molecular weight excluding hydrogens is 221 g/mol. The van der Waals surface area contributed by atoms with E-state index >= 15 is 0 Å². The van der Waals surface area contributed by atoms with E-state index in [0.29, 0.717) is 6.42 Å². The van der Waals surface area contributed by atoms with Crippen LogP contribution < -0.4 is 0 Å². The molecule has 16 heavy (non-hydrogen) atoms. The van der Waals surface area contributed by atoms with Crippen molar-refractivity contribution in [3.05, 3.63) is 11.8 Å². The van der Waals surface area contributed by atoms with E-state index in [4.69, 9.17) is 5.11 Å². The molecule has 1 radical (unpaired) electrons. The zero-order valence-electron chi connectivity index (χ0n) is 9.60. The molecule has 2 aliphatic heterocycles. The first-order valence-electron chi connectivity index (χ1n) is 4.83. The minimum absolute atomic E-state index is 0. The molecule has 6 heteroatoms. The molecule has 0 aliphatic carbocycles. The smallest absolute Gasteiger partial charge is 0.352 e. The molecule has 5 nitrogen and oxygen atoms in total. The first-order valence-corrected chi connectivity index (χ1v) is 4.83. The SMILES string of the molecule is CC(C)(O)[C@@H]1C(=O)N2C(C(=O)O)=CC[C@H]12.[Na]. The Bertz CT molecular complexity index is 372. The molecule has 0 unspecified atom stereocenters. The quantitative estimate of drug-likeness (QED) is 0.502. The molecule has 2 heterocycles. The second kappa shape index (κ2) is 4.14. The number of carboxylic acid groups (broad SMARTS) is 1. The van der Waals surface area contributed by atoms with Gasteiger partial charge in [0.1, 0.15) is 5.70 Å². The van der Waals surface area contributed by atoms with Gasteiger partial charge in [-0.15, -0.1) is 0 Å². The number of rotatable bonds is 2. The van der Waals surface area contributed by atoms with Gasteiger partial charge in [0.05, 0.1) is 17.6 Å². The zero-order chi connectivity index (χ0) is 11.4. The predicted molar refractivity (Wildman–Crippen MR) is 56.5 cm³/mol. The third kappa shape index (κ3) is 1.82. The molecule has 2 atom stereocenters. The molecule has 0 saturated carbocycles. The van der Waals surface area contributed by atoms with Gasteiger partial charge < -0.3 is 15.1 Å². The average molecular weight is 234 g/mol. The monoisotopic (exact) mass is 234 g/mol. The van der Waals surface area contributed by atoms with Crippen LogP contribution in [-0.2, 0) is 9.59 Å². The van der Waals surface area contributed by atoms with E-state index in [0.717, 1.165) is 0 Å². The molecule has 2 rings (SSSR count). The van der Waals surface area contributed by atoms with Crippen molar-refractivity contribution in [1.82, 2.24) is 4.90 Å². The van der Waals surface area contributed by atoms with Crippen LogP contribution in [0.1, 0.15) is 20.3 Å². The Hall–Kier alpha value is -0.360. The Morgan fingerprint density at radius 2 is 2.12 bits per heavy atom. The number of hydrogen-bond donors (Lipinski definition) is 2. The Balaban J connectivity index is 0.00000128. The number of carbonyl (C=O) groups excluding carboxylic acids is 1. The van der Waals surface area contributed by atoms with Crippen LogP contribution in [0.25, 0.3) is 0 Å². The van der Waals surface area contributed by atoms with Crippen LogP contribution in [-0.4, -0.2) is 68.2 Å². The molecule has 0 bridgehead atoms. The van der Waals surface area contributed by atoms with Crippen molar-refractivity contribution in [2.75, 3.05) is 0 Å². The van der Waals surface area contributed by atoms with Gasteiger partial charge in [0.25, 0.3) is 0 Å². The van der Waals surface area contributed by atoms with Crippen LogP contribution in [0.15, 0.2) is 11.8 Å². The maximum Gasteiger partial charge on any atom is 0.352 e.